The molecule has 27 heavy (non-hydrogen) atoms. The van der Waals surface area contributed by atoms with E-state index >= 15 is 0 Å². The zero-order chi connectivity index (χ0) is 19.7. The predicted octanol–water partition coefficient (Wildman–Crippen LogP) is 1.53. The van der Waals surface area contributed by atoms with E-state index in [1.54, 1.807) is 24.3 Å². The van der Waals surface area contributed by atoms with Crippen LogP contribution in [0.3, 0.4) is 0 Å². The lowest BCUT2D eigenvalue weighted by molar-refractivity contribution is -0.255. The first-order chi connectivity index (χ1) is 12.8. The van der Waals surface area contributed by atoms with Crippen molar-refractivity contribution >= 4 is 23.9 Å². The number of furan rings is 1. The highest BCUT2D eigenvalue weighted by Crippen LogP contribution is 2.28. The Morgan fingerprint density at radius 2 is 1.96 bits per heavy atom. The van der Waals surface area contributed by atoms with Crippen LogP contribution < -0.4 is 5.11 Å². The molecule has 1 aliphatic rings. The topological polar surface area (TPSA) is 114 Å². The number of carboxylic acids is 1. The van der Waals surface area contributed by atoms with E-state index in [1.807, 2.05) is 6.07 Å². The van der Waals surface area contributed by atoms with Crippen molar-refractivity contribution in [3.8, 4) is 17.4 Å². The van der Waals surface area contributed by atoms with Crippen molar-refractivity contribution in [1.29, 1.82) is 5.26 Å². The molecule has 7 nitrogen and oxygen atoms in total. The highest BCUT2D eigenvalue weighted by molar-refractivity contribution is 6.19. The molecule has 0 fully saturated rings. The number of nitrogens with zero attached hydrogens (tertiary/aromatic N) is 2. The Labute approximate surface area is 154 Å². The Morgan fingerprint density at radius 3 is 2.63 bits per heavy atom. The lowest BCUT2D eigenvalue weighted by Crippen LogP contribution is -2.39. The molecule has 1 aromatic carbocycles. The number of aromatic carboxylic acids is 1. The Bertz CT molecular complexity index is 1080. The van der Waals surface area contributed by atoms with Crippen molar-refractivity contribution in [1.82, 2.24) is 4.90 Å². The smallest absolute Gasteiger partial charge is 0.271 e. The van der Waals surface area contributed by atoms with Crippen LogP contribution in [0.1, 0.15) is 23.0 Å². The van der Waals surface area contributed by atoms with E-state index < -0.39 is 17.8 Å². The van der Waals surface area contributed by atoms with E-state index in [-0.39, 0.29) is 22.3 Å². The summed E-state index contributed by atoms with van der Waals surface area (Å²) >= 11 is 0. The molecule has 2 amide bonds. The summed E-state index contributed by atoms with van der Waals surface area (Å²) in [4.78, 5) is 36.2. The molecule has 0 unspecified atom stereocenters. The number of nitriles is 1. The van der Waals surface area contributed by atoms with Crippen LogP contribution in [0.2, 0.25) is 0 Å². The van der Waals surface area contributed by atoms with E-state index in [2.05, 4.69) is 0 Å². The highest BCUT2D eigenvalue weighted by Gasteiger charge is 2.33. The number of amides is 2. The Balaban J connectivity index is 2.02. The number of hydrogen-bond donors (Lipinski definition) is 0. The van der Waals surface area contributed by atoms with Gasteiger partial charge in [0.05, 0.1) is 5.97 Å². The lowest BCUT2D eigenvalue weighted by atomic mass is 9.95. The van der Waals surface area contributed by atoms with Gasteiger partial charge in [-0.2, -0.15) is 5.26 Å². The minimum atomic E-state index is -1.30. The number of hydrogen-bond acceptors (Lipinski definition) is 6. The van der Waals surface area contributed by atoms with Gasteiger partial charge in [-0.25, -0.2) is 0 Å². The molecule has 2 aromatic rings. The third kappa shape index (κ3) is 3.16. The Kier molecular flexibility index (Phi) is 4.48. The summed E-state index contributed by atoms with van der Waals surface area (Å²) in [6, 6.07) is 11.1. The number of likely N-dealkylation sites (N-methyl/N-ethyl adjacent to an activating group) is 1. The van der Waals surface area contributed by atoms with E-state index in [0.29, 0.717) is 17.1 Å². The zero-order valence-corrected chi connectivity index (χ0v) is 14.5. The summed E-state index contributed by atoms with van der Waals surface area (Å²) in [6.07, 6.45) is 1.45. The summed E-state index contributed by atoms with van der Waals surface area (Å²) < 4.78 is 5.68. The number of carboxylic acid groups (broad SMARTS) is 1. The molecule has 1 aliphatic heterocycles. The SMILES string of the molecule is CC1=C(C#N)C(=O)N(C)C(=O)/C1=C\c1ccc(-c2cccc(C(=O)[O-])c2)o1. The van der Waals surface area contributed by atoms with Gasteiger partial charge in [-0.1, -0.05) is 18.2 Å². The molecule has 0 bridgehead atoms. The average Bonchev–Trinajstić information content (AvgIpc) is 3.13. The highest BCUT2D eigenvalue weighted by atomic mass is 16.4. The number of carbonyl (C=O) groups excluding carboxylic acids is 3. The fourth-order valence-corrected chi connectivity index (χ4v) is 2.72. The van der Waals surface area contributed by atoms with Crippen LogP contribution in [0.15, 0.2) is 57.5 Å². The van der Waals surface area contributed by atoms with Gasteiger partial charge < -0.3 is 14.3 Å². The van der Waals surface area contributed by atoms with Gasteiger partial charge in [-0.15, -0.1) is 0 Å². The van der Waals surface area contributed by atoms with Gasteiger partial charge in [0.2, 0.25) is 0 Å². The molecule has 0 N–H and O–H groups in total. The zero-order valence-electron chi connectivity index (χ0n) is 14.5. The van der Waals surface area contributed by atoms with E-state index in [4.69, 9.17) is 4.42 Å². The van der Waals surface area contributed by atoms with Gasteiger partial charge in [-0.3, -0.25) is 14.5 Å². The first kappa shape index (κ1) is 17.9. The fraction of sp³-hybridized carbons (Fsp3) is 0.100. The van der Waals surface area contributed by atoms with Gasteiger partial charge >= 0.3 is 0 Å². The third-order valence-corrected chi connectivity index (χ3v) is 4.24. The van der Waals surface area contributed by atoms with Crippen molar-refractivity contribution in [3.05, 3.63) is 64.4 Å². The molecule has 1 aromatic heterocycles. The number of imide groups is 1. The monoisotopic (exact) mass is 361 g/mol. The van der Waals surface area contributed by atoms with Crippen molar-refractivity contribution in [2.45, 2.75) is 6.92 Å². The van der Waals surface area contributed by atoms with Gasteiger partial charge in [0.25, 0.3) is 11.8 Å². The van der Waals surface area contributed by atoms with Crippen molar-refractivity contribution < 1.29 is 23.9 Å². The van der Waals surface area contributed by atoms with Crippen LogP contribution in [0.5, 0.6) is 0 Å². The molecule has 0 aliphatic carbocycles. The first-order valence-corrected chi connectivity index (χ1v) is 7.90. The molecule has 0 saturated carbocycles. The summed E-state index contributed by atoms with van der Waals surface area (Å²) in [5, 5.41) is 20.2. The number of rotatable bonds is 3. The quantitative estimate of drug-likeness (QED) is 0.605. The second kappa shape index (κ2) is 6.77. The van der Waals surface area contributed by atoms with Crippen molar-refractivity contribution in [2.24, 2.45) is 0 Å². The average molecular weight is 361 g/mol. The molecule has 0 saturated heterocycles. The van der Waals surface area contributed by atoms with Crippen molar-refractivity contribution in [2.75, 3.05) is 7.05 Å². The van der Waals surface area contributed by atoms with Gasteiger partial charge in [0, 0.05) is 18.2 Å². The molecule has 3 rings (SSSR count). The van der Waals surface area contributed by atoms with Gasteiger partial charge in [0.1, 0.15) is 23.2 Å². The molecular formula is C20H13N2O5-. The molecule has 0 radical (unpaired) electrons. The van der Waals surface area contributed by atoms with E-state index in [1.165, 1.54) is 32.2 Å². The van der Waals surface area contributed by atoms with Crippen LogP contribution in [-0.4, -0.2) is 29.7 Å². The van der Waals surface area contributed by atoms with E-state index in [0.717, 1.165) is 4.90 Å². The fourth-order valence-electron chi connectivity index (χ4n) is 2.72. The first-order valence-electron chi connectivity index (χ1n) is 7.90. The molecular weight excluding hydrogens is 348 g/mol. The summed E-state index contributed by atoms with van der Waals surface area (Å²) in [5.41, 5.74) is 0.912. The molecule has 134 valence electrons. The molecule has 2 heterocycles. The normalized spacial score (nSPS) is 16.0. The van der Waals surface area contributed by atoms with Crippen LogP contribution in [0.25, 0.3) is 17.4 Å². The van der Waals surface area contributed by atoms with Crippen LogP contribution >= 0.6 is 0 Å². The van der Waals surface area contributed by atoms with E-state index in [9.17, 15) is 24.8 Å². The standard InChI is InChI=1S/C20H14N2O5/c1-11-15(18(23)22(2)19(24)16(11)10-21)9-14-6-7-17(27-14)12-4-3-5-13(8-12)20(25)26/h3-9H,1-2H3,(H,25,26)/p-1/b15-9-. The number of carbonyl (C=O) groups is 3. The van der Waals surface area contributed by atoms with Gasteiger partial charge in [-0.05, 0) is 42.3 Å². The van der Waals surface area contributed by atoms with Crippen molar-refractivity contribution in [3.63, 3.8) is 0 Å². The third-order valence-electron chi connectivity index (χ3n) is 4.24. The summed E-state index contributed by atoms with van der Waals surface area (Å²) in [5.74, 6) is -1.74. The van der Waals surface area contributed by atoms with Crippen LogP contribution in [0, 0.1) is 11.3 Å². The van der Waals surface area contributed by atoms with Crippen LogP contribution in [0.4, 0.5) is 0 Å². The number of benzene rings is 1. The second-order valence-electron chi connectivity index (χ2n) is 5.91. The molecule has 7 heteroatoms. The maximum absolute atomic E-state index is 12.4. The minimum absolute atomic E-state index is 0.0174. The Hall–Kier alpha value is -3.92. The maximum Gasteiger partial charge on any atom is 0.271 e. The molecule has 0 atom stereocenters. The summed E-state index contributed by atoms with van der Waals surface area (Å²) in [6.45, 7) is 1.53. The molecule has 0 spiro atoms. The second-order valence-corrected chi connectivity index (χ2v) is 5.91. The maximum atomic E-state index is 12.4. The predicted molar refractivity (Wildman–Crippen MR) is 92.5 cm³/mol. The largest absolute Gasteiger partial charge is 0.545 e. The minimum Gasteiger partial charge on any atom is -0.545 e. The van der Waals surface area contributed by atoms with Crippen LogP contribution in [-0.2, 0) is 9.59 Å². The Morgan fingerprint density at radius 1 is 1.22 bits per heavy atom. The van der Waals surface area contributed by atoms with Gasteiger partial charge in [0.15, 0.2) is 0 Å². The summed E-state index contributed by atoms with van der Waals surface area (Å²) in [7, 11) is 1.31. The lowest BCUT2D eigenvalue weighted by Gasteiger charge is -2.23.